The Bertz CT molecular complexity index is 823. The summed E-state index contributed by atoms with van der Waals surface area (Å²) in [4.78, 5) is 13.2. The summed E-state index contributed by atoms with van der Waals surface area (Å²) in [6, 6.07) is 9.89. The van der Waals surface area contributed by atoms with Gasteiger partial charge in [0.25, 0.3) is 0 Å². The second kappa shape index (κ2) is 7.19. The number of aromatic carboxylic acids is 1. The predicted octanol–water partition coefficient (Wildman–Crippen LogP) is 5.79. The molecule has 0 radical (unpaired) electrons. The van der Waals surface area contributed by atoms with E-state index in [2.05, 4.69) is 0 Å². The number of carbonyl (C=O) groups is 1. The first-order chi connectivity index (χ1) is 12.3. The second-order valence-electron chi connectivity index (χ2n) is 6.30. The minimum atomic E-state index is -4.45. The maximum absolute atomic E-state index is 12.9. The lowest BCUT2D eigenvalue weighted by Gasteiger charge is -2.38. The van der Waals surface area contributed by atoms with Crippen LogP contribution in [-0.4, -0.2) is 17.6 Å². The molecule has 0 spiro atoms. The van der Waals surface area contributed by atoms with Gasteiger partial charge in [-0.15, -0.1) is 0 Å². The van der Waals surface area contributed by atoms with Crippen LogP contribution in [0.1, 0.15) is 46.8 Å². The topological polar surface area (TPSA) is 40.5 Å². The molecule has 0 aromatic heterocycles. The zero-order chi connectivity index (χ0) is 18.9. The van der Waals surface area contributed by atoms with Gasteiger partial charge in [0, 0.05) is 6.54 Å². The van der Waals surface area contributed by atoms with Crippen molar-refractivity contribution < 1.29 is 23.1 Å². The Hall–Kier alpha value is -2.21. The summed E-state index contributed by atoms with van der Waals surface area (Å²) in [6.07, 6.45) is -1.82. The van der Waals surface area contributed by atoms with Gasteiger partial charge in [-0.2, -0.15) is 13.2 Å². The van der Waals surface area contributed by atoms with Crippen LogP contribution in [0.4, 0.5) is 18.9 Å². The number of alkyl halides is 3. The lowest BCUT2D eigenvalue weighted by molar-refractivity contribution is -0.137. The molecule has 138 valence electrons. The molecule has 1 aliphatic heterocycles. The fraction of sp³-hybridized carbons (Fsp3) is 0.316. The predicted molar refractivity (Wildman–Crippen MR) is 93.8 cm³/mol. The highest BCUT2D eigenvalue weighted by Gasteiger charge is 2.32. The van der Waals surface area contributed by atoms with Crippen molar-refractivity contribution in [3.63, 3.8) is 0 Å². The molecule has 7 heteroatoms. The molecule has 1 heterocycles. The molecule has 3 nitrogen and oxygen atoms in total. The van der Waals surface area contributed by atoms with Crippen LogP contribution >= 0.6 is 11.6 Å². The third kappa shape index (κ3) is 3.80. The van der Waals surface area contributed by atoms with E-state index in [1.54, 1.807) is 12.1 Å². The van der Waals surface area contributed by atoms with Gasteiger partial charge in [-0.25, -0.2) is 4.79 Å². The summed E-state index contributed by atoms with van der Waals surface area (Å²) >= 11 is 6.17. The standard InChI is InChI=1S/C19H17ClF3NO2/c20-15-11-14(19(21,22)23)7-8-17(15)24-9-2-1-6-16(24)12-4-3-5-13(10-12)18(25)26/h3-5,7-8,10-11,16H,1-2,6,9H2,(H,25,26). The fourth-order valence-electron chi connectivity index (χ4n) is 3.36. The molecule has 0 bridgehead atoms. The second-order valence-corrected chi connectivity index (χ2v) is 6.71. The number of nitrogens with zero attached hydrogens (tertiary/aromatic N) is 1. The van der Waals surface area contributed by atoms with Crippen molar-refractivity contribution in [2.45, 2.75) is 31.5 Å². The lowest BCUT2D eigenvalue weighted by Crippen LogP contribution is -2.33. The van der Waals surface area contributed by atoms with Crippen LogP contribution < -0.4 is 4.90 Å². The van der Waals surface area contributed by atoms with E-state index in [0.717, 1.165) is 37.0 Å². The summed E-state index contributed by atoms with van der Waals surface area (Å²) in [7, 11) is 0. The van der Waals surface area contributed by atoms with Crippen LogP contribution in [0, 0.1) is 0 Å². The first-order valence-corrected chi connectivity index (χ1v) is 8.62. The number of hydrogen-bond donors (Lipinski definition) is 1. The fourth-order valence-corrected chi connectivity index (χ4v) is 3.65. The van der Waals surface area contributed by atoms with Gasteiger partial charge < -0.3 is 10.0 Å². The number of rotatable bonds is 3. The largest absolute Gasteiger partial charge is 0.478 e. The van der Waals surface area contributed by atoms with Gasteiger partial charge in [-0.1, -0.05) is 23.7 Å². The molecule has 1 fully saturated rings. The molecule has 1 aliphatic rings. The van der Waals surface area contributed by atoms with E-state index in [1.807, 2.05) is 11.0 Å². The smallest absolute Gasteiger partial charge is 0.416 e. The SMILES string of the molecule is O=C(O)c1cccc(C2CCCCN2c2ccc(C(F)(F)F)cc2Cl)c1. The maximum Gasteiger partial charge on any atom is 0.416 e. The highest BCUT2D eigenvalue weighted by Crippen LogP contribution is 2.41. The van der Waals surface area contributed by atoms with E-state index in [4.69, 9.17) is 11.6 Å². The highest BCUT2D eigenvalue weighted by atomic mass is 35.5. The van der Waals surface area contributed by atoms with Gasteiger partial charge in [0.1, 0.15) is 0 Å². The average molecular weight is 384 g/mol. The van der Waals surface area contributed by atoms with Crippen LogP contribution in [-0.2, 0) is 6.18 Å². The van der Waals surface area contributed by atoms with Crippen LogP contribution in [0.2, 0.25) is 5.02 Å². The molecule has 0 aliphatic carbocycles. The Balaban J connectivity index is 1.97. The molecule has 3 rings (SSSR count). The molecule has 1 atom stereocenters. The van der Waals surface area contributed by atoms with Gasteiger partial charge in [-0.3, -0.25) is 0 Å². The lowest BCUT2D eigenvalue weighted by atomic mass is 9.93. The monoisotopic (exact) mass is 383 g/mol. The van der Waals surface area contributed by atoms with Crippen LogP contribution in [0.3, 0.4) is 0 Å². The average Bonchev–Trinajstić information content (AvgIpc) is 2.61. The van der Waals surface area contributed by atoms with Gasteiger partial charge >= 0.3 is 12.1 Å². The summed E-state index contributed by atoms with van der Waals surface area (Å²) in [5.74, 6) is -1.01. The number of hydrogen-bond acceptors (Lipinski definition) is 2. The third-order valence-electron chi connectivity index (χ3n) is 4.61. The molecule has 26 heavy (non-hydrogen) atoms. The number of piperidine rings is 1. The minimum Gasteiger partial charge on any atom is -0.478 e. The number of anilines is 1. The van der Waals surface area contributed by atoms with Crippen molar-refractivity contribution in [1.29, 1.82) is 0 Å². The van der Waals surface area contributed by atoms with Crippen LogP contribution in [0.15, 0.2) is 42.5 Å². The molecule has 2 aromatic carbocycles. The quantitative estimate of drug-likeness (QED) is 0.729. The molecule has 1 unspecified atom stereocenters. The Morgan fingerprint density at radius 3 is 2.58 bits per heavy atom. The number of carboxylic acid groups (broad SMARTS) is 1. The van der Waals surface area contributed by atoms with E-state index in [1.165, 1.54) is 12.1 Å². The van der Waals surface area contributed by atoms with Crippen LogP contribution in [0.25, 0.3) is 0 Å². The third-order valence-corrected chi connectivity index (χ3v) is 4.91. The van der Waals surface area contributed by atoms with Crippen molar-refractivity contribution in [1.82, 2.24) is 0 Å². The van der Waals surface area contributed by atoms with Gasteiger partial charge in [0.15, 0.2) is 0 Å². The van der Waals surface area contributed by atoms with Crippen molar-refractivity contribution in [3.8, 4) is 0 Å². The molecular formula is C19H17ClF3NO2. The Morgan fingerprint density at radius 2 is 1.92 bits per heavy atom. The Labute approximate surface area is 154 Å². The van der Waals surface area contributed by atoms with Gasteiger partial charge in [0.2, 0.25) is 0 Å². The Morgan fingerprint density at radius 1 is 1.15 bits per heavy atom. The summed E-state index contributed by atoms with van der Waals surface area (Å²) in [5, 5.41) is 9.24. The highest BCUT2D eigenvalue weighted by molar-refractivity contribution is 6.33. The van der Waals surface area contributed by atoms with Gasteiger partial charge in [-0.05, 0) is 55.2 Å². The van der Waals surface area contributed by atoms with Crippen molar-refractivity contribution in [3.05, 3.63) is 64.2 Å². The molecule has 2 aromatic rings. The van der Waals surface area contributed by atoms with E-state index < -0.39 is 17.7 Å². The molecule has 0 saturated carbocycles. The summed E-state index contributed by atoms with van der Waals surface area (Å²) < 4.78 is 38.6. The van der Waals surface area contributed by atoms with Gasteiger partial charge in [0.05, 0.1) is 27.9 Å². The zero-order valence-corrected chi connectivity index (χ0v) is 14.5. The van der Waals surface area contributed by atoms with Crippen molar-refractivity contribution in [2.24, 2.45) is 0 Å². The normalized spacial score (nSPS) is 18.0. The number of halogens is 4. The van der Waals surface area contributed by atoms with E-state index in [9.17, 15) is 23.1 Å². The van der Waals surface area contributed by atoms with E-state index in [0.29, 0.717) is 12.2 Å². The number of benzene rings is 2. The maximum atomic E-state index is 12.9. The van der Waals surface area contributed by atoms with E-state index >= 15 is 0 Å². The Kier molecular flexibility index (Phi) is 5.14. The molecule has 1 N–H and O–H groups in total. The van der Waals surface area contributed by atoms with E-state index in [-0.39, 0.29) is 16.6 Å². The van der Waals surface area contributed by atoms with Crippen LogP contribution in [0.5, 0.6) is 0 Å². The first kappa shape index (κ1) is 18.6. The van der Waals surface area contributed by atoms with Crippen molar-refractivity contribution in [2.75, 3.05) is 11.4 Å². The first-order valence-electron chi connectivity index (χ1n) is 8.24. The van der Waals surface area contributed by atoms with Crippen molar-refractivity contribution >= 4 is 23.3 Å². The molecular weight excluding hydrogens is 367 g/mol. The molecule has 1 saturated heterocycles. The summed E-state index contributed by atoms with van der Waals surface area (Å²) in [6.45, 7) is 0.646. The zero-order valence-electron chi connectivity index (χ0n) is 13.8. The summed E-state index contributed by atoms with van der Waals surface area (Å²) in [5.41, 5.74) is 0.755. The minimum absolute atomic E-state index is 0.0427. The molecule has 0 amide bonds. The number of carboxylic acids is 1.